The molecule has 0 saturated heterocycles. The highest BCUT2D eigenvalue weighted by Gasteiger charge is 2.11. The molecule has 0 bridgehead atoms. The first-order valence-corrected chi connectivity index (χ1v) is 15.1. The molecule has 0 saturated carbocycles. The van der Waals surface area contributed by atoms with E-state index in [1.165, 1.54) is 83.5 Å². The van der Waals surface area contributed by atoms with Crippen LogP contribution in [0.5, 0.6) is 11.5 Å². The Morgan fingerprint density at radius 2 is 1.00 bits per heavy atom. The van der Waals surface area contributed by atoms with E-state index in [9.17, 15) is 0 Å². The van der Waals surface area contributed by atoms with E-state index in [1.54, 1.807) is 0 Å². The predicted molar refractivity (Wildman–Crippen MR) is 153 cm³/mol. The minimum Gasteiger partial charge on any atom is -0.494 e. The number of ether oxygens (including phenoxy) is 2. The average Bonchev–Trinajstić information content (AvgIpc) is 2.84. The van der Waals surface area contributed by atoms with Gasteiger partial charge in [0.2, 0.25) is 0 Å². The maximum absolute atomic E-state index is 6.39. The van der Waals surface area contributed by atoms with E-state index in [0.717, 1.165) is 39.9 Å². The minimum atomic E-state index is 0.335. The fourth-order valence-corrected chi connectivity index (χ4v) is 4.73. The zero-order valence-electron chi connectivity index (χ0n) is 21.1. The smallest absolute Gasteiger partial charge is 0.119 e. The number of benzene rings is 2. The summed E-state index contributed by atoms with van der Waals surface area (Å²) in [6, 6.07) is 16.4. The van der Waals surface area contributed by atoms with Crippen molar-refractivity contribution in [3.63, 3.8) is 0 Å². The van der Waals surface area contributed by atoms with Crippen LogP contribution in [0.25, 0.3) is 0 Å². The number of halogens is 2. The van der Waals surface area contributed by atoms with Crippen LogP contribution in [0.4, 0.5) is 0 Å². The van der Waals surface area contributed by atoms with Crippen LogP contribution in [-0.4, -0.2) is 12.7 Å². The molecule has 0 N–H and O–H groups in total. The van der Waals surface area contributed by atoms with E-state index in [1.807, 2.05) is 24.3 Å². The van der Waals surface area contributed by atoms with Crippen LogP contribution in [0.1, 0.15) is 103 Å². The molecule has 0 fully saturated rings. The molecular weight excluding hydrogens is 552 g/mol. The third-order valence-corrected chi connectivity index (χ3v) is 7.31. The number of rotatable bonds is 20. The Hall–Kier alpha value is -1.00. The molecule has 4 heteroatoms. The van der Waals surface area contributed by atoms with Crippen LogP contribution >= 0.6 is 31.9 Å². The lowest BCUT2D eigenvalue weighted by molar-refractivity contribution is 0.172. The summed E-state index contributed by atoms with van der Waals surface area (Å²) in [7, 11) is 0. The molecule has 1 atom stereocenters. The summed E-state index contributed by atoms with van der Waals surface area (Å²) in [5.41, 5.74) is 0. The fourth-order valence-electron chi connectivity index (χ4n) is 4.20. The summed E-state index contributed by atoms with van der Waals surface area (Å²) in [5.74, 6) is 1.95. The highest BCUT2D eigenvalue weighted by molar-refractivity contribution is 9.10. The Morgan fingerprint density at radius 1 is 0.559 bits per heavy atom. The van der Waals surface area contributed by atoms with Crippen molar-refractivity contribution in [3.8, 4) is 11.5 Å². The van der Waals surface area contributed by atoms with Crippen molar-refractivity contribution < 1.29 is 9.47 Å². The van der Waals surface area contributed by atoms with E-state index in [2.05, 4.69) is 63.0 Å². The van der Waals surface area contributed by atoms with Crippen LogP contribution in [0, 0.1) is 0 Å². The second kappa shape index (κ2) is 19.2. The molecule has 0 aliphatic rings. The summed E-state index contributed by atoms with van der Waals surface area (Å²) in [6.07, 6.45) is 19.7. The average molecular weight is 596 g/mol. The van der Waals surface area contributed by atoms with Gasteiger partial charge in [0.1, 0.15) is 11.5 Å². The number of unbranched alkanes of at least 4 members (excludes halogenated alkanes) is 11. The lowest BCUT2D eigenvalue weighted by atomic mass is 10.0. The molecule has 0 aliphatic carbocycles. The van der Waals surface area contributed by atoms with Crippen molar-refractivity contribution >= 4 is 31.9 Å². The zero-order valence-corrected chi connectivity index (χ0v) is 24.3. The summed E-state index contributed by atoms with van der Waals surface area (Å²) in [4.78, 5) is 0. The molecule has 0 aromatic heterocycles. The van der Waals surface area contributed by atoms with Gasteiger partial charge in [0.05, 0.1) is 12.7 Å². The Bertz CT molecular complexity index is 730. The second-order valence-electron chi connectivity index (χ2n) is 9.32. The number of hydrogen-bond donors (Lipinski definition) is 0. The van der Waals surface area contributed by atoms with Crippen LogP contribution in [0.15, 0.2) is 57.5 Å². The lowest BCUT2D eigenvalue weighted by Gasteiger charge is -2.19. The Morgan fingerprint density at radius 3 is 1.53 bits per heavy atom. The number of hydrogen-bond acceptors (Lipinski definition) is 2. The van der Waals surface area contributed by atoms with Crippen molar-refractivity contribution in [1.82, 2.24) is 0 Å². The molecule has 34 heavy (non-hydrogen) atoms. The first-order valence-electron chi connectivity index (χ1n) is 13.5. The third kappa shape index (κ3) is 14.4. The topological polar surface area (TPSA) is 18.5 Å². The molecule has 190 valence electrons. The molecule has 0 heterocycles. The normalized spacial score (nSPS) is 12.0. The standard InChI is InChI=1S/C30H44Br2O2/c1-2-3-4-5-6-7-9-12-15-29(34-30-23-19-27(32)20-24-30)16-13-10-8-11-14-25-33-28-21-17-26(31)18-22-28/h17-24,29H,2-16,25H2,1H3. The highest BCUT2D eigenvalue weighted by Crippen LogP contribution is 2.22. The molecule has 0 aliphatic heterocycles. The lowest BCUT2D eigenvalue weighted by Crippen LogP contribution is -2.16. The van der Waals surface area contributed by atoms with E-state index in [0.29, 0.717) is 6.10 Å². The summed E-state index contributed by atoms with van der Waals surface area (Å²) >= 11 is 6.98. The van der Waals surface area contributed by atoms with Gasteiger partial charge in [-0.15, -0.1) is 0 Å². The van der Waals surface area contributed by atoms with Gasteiger partial charge in [-0.2, -0.15) is 0 Å². The summed E-state index contributed by atoms with van der Waals surface area (Å²) in [6.45, 7) is 3.08. The van der Waals surface area contributed by atoms with Gasteiger partial charge >= 0.3 is 0 Å². The van der Waals surface area contributed by atoms with Gasteiger partial charge in [-0.25, -0.2) is 0 Å². The van der Waals surface area contributed by atoms with E-state index < -0.39 is 0 Å². The van der Waals surface area contributed by atoms with Gasteiger partial charge in [0, 0.05) is 8.95 Å². The van der Waals surface area contributed by atoms with Crippen molar-refractivity contribution in [1.29, 1.82) is 0 Å². The molecular formula is C30H44Br2O2. The van der Waals surface area contributed by atoms with Crippen molar-refractivity contribution in [2.75, 3.05) is 6.61 Å². The first kappa shape index (κ1) is 29.2. The van der Waals surface area contributed by atoms with E-state index in [-0.39, 0.29) is 0 Å². The van der Waals surface area contributed by atoms with Crippen LogP contribution < -0.4 is 9.47 Å². The van der Waals surface area contributed by atoms with Crippen LogP contribution in [0.2, 0.25) is 0 Å². The summed E-state index contributed by atoms with van der Waals surface area (Å²) in [5, 5.41) is 0. The van der Waals surface area contributed by atoms with Crippen molar-refractivity contribution in [3.05, 3.63) is 57.5 Å². The van der Waals surface area contributed by atoms with Crippen LogP contribution in [0.3, 0.4) is 0 Å². The van der Waals surface area contributed by atoms with Gasteiger partial charge in [0.25, 0.3) is 0 Å². The van der Waals surface area contributed by atoms with E-state index >= 15 is 0 Å². The molecule has 2 nitrogen and oxygen atoms in total. The van der Waals surface area contributed by atoms with Gasteiger partial charge in [-0.05, 0) is 80.6 Å². The van der Waals surface area contributed by atoms with Gasteiger partial charge < -0.3 is 9.47 Å². The van der Waals surface area contributed by atoms with Gasteiger partial charge in [-0.1, -0.05) is 103 Å². The largest absolute Gasteiger partial charge is 0.494 e. The minimum absolute atomic E-state index is 0.335. The first-order chi connectivity index (χ1) is 16.7. The van der Waals surface area contributed by atoms with Gasteiger partial charge in [0.15, 0.2) is 0 Å². The second-order valence-corrected chi connectivity index (χ2v) is 11.1. The SMILES string of the molecule is CCCCCCCCCCC(CCCCCCCOc1ccc(Br)cc1)Oc1ccc(Br)cc1. The Labute approximate surface area is 225 Å². The third-order valence-electron chi connectivity index (χ3n) is 6.25. The van der Waals surface area contributed by atoms with Crippen LogP contribution in [-0.2, 0) is 0 Å². The van der Waals surface area contributed by atoms with E-state index in [4.69, 9.17) is 9.47 Å². The van der Waals surface area contributed by atoms with Crippen molar-refractivity contribution in [2.45, 2.75) is 109 Å². The summed E-state index contributed by atoms with van der Waals surface area (Å²) < 4.78 is 14.4. The Balaban J connectivity index is 1.59. The molecule has 2 rings (SSSR count). The monoisotopic (exact) mass is 594 g/mol. The maximum atomic E-state index is 6.39. The maximum Gasteiger partial charge on any atom is 0.119 e. The molecule has 0 radical (unpaired) electrons. The molecule has 1 unspecified atom stereocenters. The highest BCUT2D eigenvalue weighted by atomic mass is 79.9. The van der Waals surface area contributed by atoms with Crippen molar-refractivity contribution in [2.24, 2.45) is 0 Å². The molecule has 2 aromatic carbocycles. The fraction of sp³-hybridized carbons (Fsp3) is 0.600. The predicted octanol–water partition coefficient (Wildman–Crippen LogP) is 10.9. The quantitative estimate of drug-likeness (QED) is 0.142. The molecule has 0 spiro atoms. The molecule has 2 aromatic rings. The van der Waals surface area contributed by atoms with Gasteiger partial charge in [-0.3, -0.25) is 0 Å². The zero-order chi connectivity index (χ0) is 24.3. The molecule has 0 amide bonds. The Kier molecular flexibility index (Phi) is 16.5.